The van der Waals surface area contributed by atoms with Crippen molar-refractivity contribution in [3.63, 3.8) is 0 Å². The van der Waals surface area contributed by atoms with E-state index in [2.05, 4.69) is 17.5 Å². The van der Waals surface area contributed by atoms with Gasteiger partial charge in [0.1, 0.15) is 0 Å². The number of hydrogen-bond donors (Lipinski definition) is 1. The van der Waals surface area contributed by atoms with E-state index < -0.39 is 17.5 Å². The van der Waals surface area contributed by atoms with E-state index in [4.69, 9.17) is 0 Å². The molecule has 2 bridgehead atoms. The van der Waals surface area contributed by atoms with Gasteiger partial charge >= 0.3 is 0 Å². The third-order valence-corrected chi connectivity index (χ3v) is 3.97. The van der Waals surface area contributed by atoms with Crippen LogP contribution in [0.4, 0.5) is 18.9 Å². The molecule has 0 saturated heterocycles. The molecule has 3 rings (SSSR count). The first kappa shape index (κ1) is 11.6. The highest BCUT2D eigenvalue weighted by Gasteiger charge is 2.35. The van der Waals surface area contributed by atoms with Crippen LogP contribution in [0.3, 0.4) is 0 Å². The van der Waals surface area contributed by atoms with Crippen molar-refractivity contribution in [3.05, 3.63) is 41.7 Å². The molecule has 1 N–H and O–H groups in total. The summed E-state index contributed by atoms with van der Waals surface area (Å²) >= 11 is 0. The lowest BCUT2D eigenvalue weighted by molar-refractivity contribution is 0.446. The monoisotopic (exact) mass is 253 g/mol. The number of benzene rings is 1. The summed E-state index contributed by atoms with van der Waals surface area (Å²) in [6.45, 7) is 0.677. The number of allylic oxidation sites excluding steroid dienone is 2. The fraction of sp³-hybridized carbons (Fsp3) is 0.429. The number of halogens is 3. The molecule has 18 heavy (non-hydrogen) atoms. The Balaban J connectivity index is 1.65. The summed E-state index contributed by atoms with van der Waals surface area (Å²) < 4.78 is 38.8. The number of rotatable bonds is 3. The Bertz CT molecular complexity index is 475. The molecule has 3 atom stereocenters. The lowest BCUT2D eigenvalue weighted by atomic mass is 9.93. The highest BCUT2D eigenvalue weighted by atomic mass is 19.2. The van der Waals surface area contributed by atoms with Gasteiger partial charge in [-0.05, 0) is 30.6 Å². The van der Waals surface area contributed by atoms with Crippen molar-refractivity contribution in [2.24, 2.45) is 17.8 Å². The number of fused-ring (bicyclic) bond motifs is 2. The third kappa shape index (κ3) is 2.00. The van der Waals surface area contributed by atoms with E-state index in [0.717, 1.165) is 18.6 Å². The summed E-state index contributed by atoms with van der Waals surface area (Å²) in [5.74, 6) is -1.95. The van der Waals surface area contributed by atoms with Gasteiger partial charge in [-0.2, -0.15) is 0 Å². The standard InChI is InChI=1S/C14H14F3N/c15-12-5-11(6-13(16)14(12)17)18-7-10-4-8-1-2-9(10)3-8/h1-2,5-6,8-10,18H,3-4,7H2. The predicted octanol–water partition coefficient (Wildman–Crippen LogP) is 3.73. The van der Waals surface area contributed by atoms with E-state index in [1.807, 2.05) is 0 Å². The maximum atomic E-state index is 13.0. The minimum atomic E-state index is -1.41. The molecular formula is C14H14F3N. The molecular weight excluding hydrogens is 239 g/mol. The first-order chi connectivity index (χ1) is 8.63. The Kier molecular flexibility index (Phi) is 2.80. The Morgan fingerprint density at radius 3 is 2.33 bits per heavy atom. The van der Waals surface area contributed by atoms with Crippen LogP contribution in [0.15, 0.2) is 24.3 Å². The maximum absolute atomic E-state index is 13.0. The first-order valence-electron chi connectivity index (χ1n) is 6.20. The summed E-state index contributed by atoms with van der Waals surface area (Å²) in [5, 5.41) is 3.00. The largest absolute Gasteiger partial charge is 0.385 e. The van der Waals surface area contributed by atoms with Crippen LogP contribution in [-0.2, 0) is 0 Å². The van der Waals surface area contributed by atoms with Gasteiger partial charge in [0.05, 0.1) is 0 Å². The molecule has 0 radical (unpaired) electrons. The Morgan fingerprint density at radius 1 is 1.06 bits per heavy atom. The molecule has 0 amide bonds. The number of nitrogens with one attached hydrogen (secondary N) is 1. The lowest BCUT2D eigenvalue weighted by Crippen LogP contribution is -2.18. The number of anilines is 1. The molecule has 96 valence electrons. The van der Waals surface area contributed by atoms with Crippen LogP contribution in [0.2, 0.25) is 0 Å². The third-order valence-electron chi connectivity index (χ3n) is 3.97. The van der Waals surface area contributed by atoms with Crippen molar-refractivity contribution in [2.45, 2.75) is 12.8 Å². The fourth-order valence-electron chi connectivity index (χ4n) is 3.04. The van der Waals surface area contributed by atoms with Crippen molar-refractivity contribution >= 4 is 5.69 Å². The van der Waals surface area contributed by atoms with Gasteiger partial charge in [-0.25, -0.2) is 13.2 Å². The highest BCUT2D eigenvalue weighted by Crippen LogP contribution is 2.43. The summed E-state index contributed by atoms with van der Waals surface area (Å²) in [4.78, 5) is 0. The number of hydrogen-bond acceptors (Lipinski definition) is 1. The zero-order valence-electron chi connectivity index (χ0n) is 9.80. The average molecular weight is 253 g/mol. The van der Waals surface area contributed by atoms with Crippen LogP contribution in [0.1, 0.15) is 12.8 Å². The highest BCUT2D eigenvalue weighted by molar-refractivity contribution is 5.44. The van der Waals surface area contributed by atoms with Crippen LogP contribution in [0.5, 0.6) is 0 Å². The smallest absolute Gasteiger partial charge is 0.194 e. The summed E-state index contributed by atoms with van der Waals surface area (Å²) in [6, 6.07) is 2.00. The van der Waals surface area contributed by atoms with Gasteiger partial charge in [-0.1, -0.05) is 12.2 Å². The fourth-order valence-corrected chi connectivity index (χ4v) is 3.04. The predicted molar refractivity (Wildman–Crippen MR) is 63.6 cm³/mol. The van der Waals surface area contributed by atoms with Crippen LogP contribution in [-0.4, -0.2) is 6.54 Å². The maximum Gasteiger partial charge on any atom is 0.194 e. The Hall–Kier alpha value is -1.45. The topological polar surface area (TPSA) is 12.0 Å². The van der Waals surface area contributed by atoms with Gasteiger partial charge in [-0.15, -0.1) is 0 Å². The molecule has 1 aromatic rings. The summed E-state index contributed by atoms with van der Waals surface area (Å²) in [7, 11) is 0. The molecule has 0 heterocycles. The molecule has 3 unspecified atom stereocenters. The average Bonchev–Trinajstić information content (AvgIpc) is 2.95. The van der Waals surface area contributed by atoms with Crippen molar-refractivity contribution < 1.29 is 13.2 Å². The minimum Gasteiger partial charge on any atom is -0.385 e. The van der Waals surface area contributed by atoms with Crippen LogP contribution >= 0.6 is 0 Å². The van der Waals surface area contributed by atoms with E-state index in [1.165, 1.54) is 6.42 Å². The van der Waals surface area contributed by atoms with Crippen LogP contribution < -0.4 is 5.32 Å². The van der Waals surface area contributed by atoms with Gasteiger partial charge < -0.3 is 5.32 Å². The van der Waals surface area contributed by atoms with Crippen LogP contribution in [0, 0.1) is 35.2 Å². The van der Waals surface area contributed by atoms with E-state index in [-0.39, 0.29) is 0 Å². The quantitative estimate of drug-likeness (QED) is 0.639. The molecule has 2 aliphatic rings. The van der Waals surface area contributed by atoms with E-state index >= 15 is 0 Å². The summed E-state index contributed by atoms with van der Waals surface area (Å²) in [5.41, 5.74) is 0.304. The molecule has 4 heteroatoms. The second-order valence-corrected chi connectivity index (χ2v) is 5.18. The first-order valence-corrected chi connectivity index (χ1v) is 6.20. The van der Waals surface area contributed by atoms with Gasteiger partial charge in [0.25, 0.3) is 0 Å². The van der Waals surface area contributed by atoms with Crippen molar-refractivity contribution in [1.29, 1.82) is 0 Å². The molecule has 1 aromatic carbocycles. The Morgan fingerprint density at radius 2 is 1.78 bits per heavy atom. The molecule has 0 aliphatic heterocycles. The zero-order valence-corrected chi connectivity index (χ0v) is 9.80. The normalized spacial score (nSPS) is 28.9. The molecule has 0 spiro atoms. The second-order valence-electron chi connectivity index (χ2n) is 5.18. The van der Waals surface area contributed by atoms with Crippen molar-refractivity contribution in [1.82, 2.24) is 0 Å². The van der Waals surface area contributed by atoms with Gasteiger partial charge in [0.15, 0.2) is 17.5 Å². The van der Waals surface area contributed by atoms with Crippen LogP contribution in [0.25, 0.3) is 0 Å². The lowest BCUT2D eigenvalue weighted by Gasteiger charge is -2.19. The molecule has 0 aromatic heterocycles. The molecule has 2 aliphatic carbocycles. The second kappa shape index (κ2) is 4.34. The van der Waals surface area contributed by atoms with Gasteiger partial charge in [0, 0.05) is 24.4 Å². The Labute approximate surface area is 104 Å². The van der Waals surface area contributed by atoms with E-state index in [1.54, 1.807) is 0 Å². The van der Waals surface area contributed by atoms with Gasteiger partial charge in [0.2, 0.25) is 0 Å². The van der Waals surface area contributed by atoms with Crippen molar-refractivity contribution in [3.8, 4) is 0 Å². The zero-order chi connectivity index (χ0) is 12.7. The van der Waals surface area contributed by atoms with E-state index in [0.29, 0.717) is 30.0 Å². The minimum absolute atomic E-state index is 0.304. The molecule has 1 fully saturated rings. The van der Waals surface area contributed by atoms with E-state index in [9.17, 15) is 13.2 Å². The molecule has 1 nitrogen and oxygen atoms in total. The molecule has 1 saturated carbocycles. The SMILES string of the molecule is Fc1cc(NCC2CC3C=CC2C3)cc(F)c1F. The van der Waals surface area contributed by atoms with Crippen molar-refractivity contribution in [2.75, 3.05) is 11.9 Å². The van der Waals surface area contributed by atoms with Gasteiger partial charge in [-0.3, -0.25) is 0 Å². The summed E-state index contributed by atoms with van der Waals surface area (Å²) in [6.07, 6.45) is 6.80.